The van der Waals surface area contributed by atoms with Gasteiger partial charge in [0.15, 0.2) is 6.61 Å². The summed E-state index contributed by atoms with van der Waals surface area (Å²) in [5.74, 6) is -1.45. The van der Waals surface area contributed by atoms with Crippen LogP contribution in [0.25, 0.3) is 0 Å². The molecule has 0 spiro atoms. The SMILES string of the molecule is O=C(COC(=O)c1ccccc1C(=O)c1cccs1)Nc1ccccc1Br. The Hall–Kier alpha value is -2.77. The number of ether oxygens (including phenoxy) is 1. The van der Waals surface area contributed by atoms with Crippen LogP contribution in [0.2, 0.25) is 0 Å². The molecule has 2 aromatic carbocycles. The minimum Gasteiger partial charge on any atom is -0.452 e. The third-order valence-corrected chi connectivity index (χ3v) is 5.18. The van der Waals surface area contributed by atoms with Gasteiger partial charge in [-0.2, -0.15) is 0 Å². The smallest absolute Gasteiger partial charge is 0.339 e. The van der Waals surface area contributed by atoms with E-state index in [0.717, 1.165) is 4.47 Å². The third-order valence-electron chi connectivity index (χ3n) is 3.62. The molecule has 3 aromatic rings. The fourth-order valence-electron chi connectivity index (χ4n) is 2.36. The zero-order chi connectivity index (χ0) is 19.2. The number of para-hydroxylation sites is 1. The zero-order valence-corrected chi connectivity index (χ0v) is 16.4. The molecule has 1 N–H and O–H groups in total. The molecule has 0 radical (unpaired) electrons. The highest BCUT2D eigenvalue weighted by Gasteiger charge is 2.20. The minimum absolute atomic E-state index is 0.129. The molecule has 5 nitrogen and oxygen atoms in total. The number of halogens is 1. The summed E-state index contributed by atoms with van der Waals surface area (Å²) in [4.78, 5) is 37.5. The van der Waals surface area contributed by atoms with E-state index in [1.54, 1.807) is 53.9 Å². The van der Waals surface area contributed by atoms with Crippen LogP contribution in [0, 0.1) is 0 Å². The number of hydrogen-bond donors (Lipinski definition) is 1. The monoisotopic (exact) mass is 443 g/mol. The van der Waals surface area contributed by atoms with Gasteiger partial charge in [0.1, 0.15) is 0 Å². The van der Waals surface area contributed by atoms with E-state index in [4.69, 9.17) is 4.74 Å². The number of benzene rings is 2. The first-order valence-corrected chi connectivity index (χ1v) is 9.62. The Balaban J connectivity index is 1.67. The molecule has 1 aromatic heterocycles. The van der Waals surface area contributed by atoms with Crippen molar-refractivity contribution in [2.24, 2.45) is 0 Å². The summed E-state index contributed by atoms with van der Waals surface area (Å²) in [5, 5.41) is 4.44. The fraction of sp³-hybridized carbons (Fsp3) is 0.0500. The van der Waals surface area contributed by atoms with Crippen LogP contribution >= 0.6 is 27.3 Å². The lowest BCUT2D eigenvalue weighted by molar-refractivity contribution is -0.119. The molecule has 0 aliphatic carbocycles. The zero-order valence-electron chi connectivity index (χ0n) is 14.0. The van der Waals surface area contributed by atoms with Gasteiger partial charge in [-0.25, -0.2) is 4.79 Å². The van der Waals surface area contributed by atoms with Gasteiger partial charge >= 0.3 is 5.97 Å². The molecule has 3 rings (SSSR count). The Labute approximate surface area is 168 Å². The normalized spacial score (nSPS) is 10.3. The molecule has 0 aliphatic heterocycles. The Morgan fingerprint density at radius 3 is 2.33 bits per heavy atom. The van der Waals surface area contributed by atoms with Gasteiger partial charge < -0.3 is 10.1 Å². The highest BCUT2D eigenvalue weighted by atomic mass is 79.9. The molecule has 0 saturated heterocycles. The predicted octanol–water partition coefficient (Wildman–Crippen LogP) is 4.54. The van der Waals surface area contributed by atoms with Crippen molar-refractivity contribution >= 4 is 50.6 Å². The molecule has 0 aliphatic rings. The van der Waals surface area contributed by atoms with E-state index in [1.165, 1.54) is 17.4 Å². The fourth-order valence-corrected chi connectivity index (χ4v) is 3.42. The largest absolute Gasteiger partial charge is 0.452 e. The van der Waals surface area contributed by atoms with E-state index in [0.29, 0.717) is 10.6 Å². The van der Waals surface area contributed by atoms with Crippen LogP contribution in [0.3, 0.4) is 0 Å². The highest BCUT2D eigenvalue weighted by molar-refractivity contribution is 9.10. The van der Waals surface area contributed by atoms with Gasteiger partial charge in [0, 0.05) is 10.0 Å². The lowest BCUT2D eigenvalue weighted by Crippen LogP contribution is -2.22. The topological polar surface area (TPSA) is 72.5 Å². The van der Waals surface area contributed by atoms with Crippen molar-refractivity contribution in [2.45, 2.75) is 0 Å². The number of anilines is 1. The van der Waals surface area contributed by atoms with Gasteiger partial charge in [0.25, 0.3) is 5.91 Å². The van der Waals surface area contributed by atoms with Crippen LogP contribution in [0.5, 0.6) is 0 Å². The van der Waals surface area contributed by atoms with E-state index in [-0.39, 0.29) is 16.9 Å². The van der Waals surface area contributed by atoms with E-state index in [2.05, 4.69) is 21.2 Å². The summed E-state index contributed by atoms with van der Waals surface area (Å²) in [6, 6.07) is 17.0. The molecule has 0 unspecified atom stereocenters. The van der Waals surface area contributed by atoms with Crippen LogP contribution in [0.1, 0.15) is 25.6 Å². The van der Waals surface area contributed by atoms with Crippen molar-refractivity contribution in [1.82, 2.24) is 0 Å². The molecular formula is C20H14BrNO4S. The van der Waals surface area contributed by atoms with Crippen LogP contribution < -0.4 is 5.32 Å². The molecule has 7 heteroatoms. The van der Waals surface area contributed by atoms with Crippen LogP contribution in [-0.2, 0) is 9.53 Å². The number of carbonyl (C=O) groups excluding carboxylic acids is 3. The maximum atomic E-state index is 12.6. The number of nitrogens with one attached hydrogen (secondary N) is 1. The van der Waals surface area contributed by atoms with E-state index in [9.17, 15) is 14.4 Å². The highest BCUT2D eigenvalue weighted by Crippen LogP contribution is 2.21. The number of esters is 1. The molecule has 0 fully saturated rings. The molecular weight excluding hydrogens is 430 g/mol. The minimum atomic E-state index is -0.724. The van der Waals surface area contributed by atoms with Crippen LogP contribution in [0.4, 0.5) is 5.69 Å². The number of ketones is 1. The van der Waals surface area contributed by atoms with E-state index < -0.39 is 18.5 Å². The first-order valence-electron chi connectivity index (χ1n) is 7.95. The Kier molecular flexibility index (Phi) is 6.16. The third kappa shape index (κ3) is 4.69. The standard InChI is InChI=1S/C20H14BrNO4S/c21-15-8-3-4-9-16(15)22-18(23)12-26-20(25)14-7-2-1-6-13(14)19(24)17-10-5-11-27-17/h1-11H,12H2,(H,22,23). The summed E-state index contributed by atoms with van der Waals surface area (Å²) in [7, 11) is 0. The van der Waals surface area contributed by atoms with E-state index in [1.807, 2.05) is 6.07 Å². The summed E-state index contributed by atoms with van der Waals surface area (Å²) in [6.45, 7) is -0.457. The summed E-state index contributed by atoms with van der Waals surface area (Å²) >= 11 is 4.62. The maximum Gasteiger partial charge on any atom is 0.339 e. The molecule has 0 atom stereocenters. The van der Waals surface area contributed by atoms with Crippen LogP contribution in [-0.4, -0.2) is 24.3 Å². The second-order valence-corrected chi connectivity index (χ2v) is 7.26. The molecule has 0 bridgehead atoms. The van der Waals surface area contributed by atoms with Crippen molar-refractivity contribution < 1.29 is 19.1 Å². The van der Waals surface area contributed by atoms with Gasteiger partial charge in [-0.05, 0) is 45.6 Å². The second-order valence-electron chi connectivity index (χ2n) is 5.46. The van der Waals surface area contributed by atoms with E-state index >= 15 is 0 Å². The van der Waals surface area contributed by atoms with Gasteiger partial charge in [0.05, 0.1) is 16.1 Å². The molecule has 136 valence electrons. The molecule has 0 saturated carbocycles. The average molecular weight is 444 g/mol. The lowest BCUT2D eigenvalue weighted by Gasteiger charge is -2.10. The predicted molar refractivity (Wildman–Crippen MR) is 107 cm³/mol. The van der Waals surface area contributed by atoms with Crippen molar-refractivity contribution in [3.05, 3.63) is 86.5 Å². The average Bonchev–Trinajstić information content (AvgIpc) is 3.22. The number of rotatable bonds is 6. The Bertz CT molecular complexity index is 985. The van der Waals surface area contributed by atoms with Crippen molar-refractivity contribution in [3.8, 4) is 0 Å². The summed E-state index contributed by atoms with van der Waals surface area (Å²) < 4.78 is 5.81. The van der Waals surface area contributed by atoms with Gasteiger partial charge in [-0.3, -0.25) is 9.59 Å². The van der Waals surface area contributed by atoms with Crippen molar-refractivity contribution in [2.75, 3.05) is 11.9 Å². The Morgan fingerprint density at radius 1 is 0.926 bits per heavy atom. The maximum absolute atomic E-state index is 12.6. The molecule has 1 amide bonds. The van der Waals surface area contributed by atoms with Gasteiger partial charge in [0.2, 0.25) is 5.78 Å². The van der Waals surface area contributed by atoms with Crippen molar-refractivity contribution in [3.63, 3.8) is 0 Å². The number of amides is 1. The molecule has 1 heterocycles. The first-order chi connectivity index (χ1) is 13.1. The number of carbonyl (C=O) groups is 3. The van der Waals surface area contributed by atoms with Gasteiger partial charge in [-0.1, -0.05) is 36.4 Å². The van der Waals surface area contributed by atoms with Crippen molar-refractivity contribution in [1.29, 1.82) is 0 Å². The molecule has 27 heavy (non-hydrogen) atoms. The number of hydrogen-bond acceptors (Lipinski definition) is 5. The quantitative estimate of drug-likeness (QED) is 0.448. The second kappa shape index (κ2) is 8.75. The number of thiophene rings is 1. The Morgan fingerprint density at radius 2 is 1.63 bits per heavy atom. The van der Waals surface area contributed by atoms with Crippen LogP contribution in [0.15, 0.2) is 70.5 Å². The first kappa shape index (κ1) is 19.0. The summed E-state index contributed by atoms with van der Waals surface area (Å²) in [5.41, 5.74) is 0.951. The lowest BCUT2D eigenvalue weighted by atomic mass is 10.0. The van der Waals surface area contributed by atoms with Gasteiger partial charge in [-0.15, -0.1) is 11.3 Å². The summed E-state index contributed by atoms with van der Waals surface area (Å²) in [6.07, 6.45) is 0.